The molecule has 0 amide bonds. The van der Waals surface area contributed by atoms with Crippen molar-refractivity contribution < 1.29 is 19.8 Å². The largest absolute Gasteiger partial charge is 0.473 e. The van der Waals surface area contributed by atoms with Gasteiger partial charge < -0.3 is 10.2 Å². The molecule has 1 aliphatic rings. The molecule has 1 fully saturated rings. The molecule has 2 N–H and O–H groups in total. The first-order valence-corrected chi connectivity index (χ1v) is 8.92. The number of carbonyl (C=O) groups is 2. The summed E-state index contributed by atoms with van der Waals surface area (Å²) in [6, 6.07) is 9.01. The minimum absolute atomic E-state index is 0.776. The van der Waals surface area contributed by atoms with E-state index in [0.29, 0.717) is 0 Å². The van der Waals surface area contributed by atoms with Crippen LogP contribution in [0, 0.1) is 0 Å². The fourth-order valence-corrected chi connectivity index (χ4v) is 3.07. The van der Waals surface area contributed by atoms with Gasteiger partial charge in [0, 0.05) is 43.8 Å². The van der Waals surface area contributed by atoms with Crippen LogP contribution in [0.2, 0.25) is 5.02 Å². The number of aliphatic carboxylic acids is 2. The SMILES string of the molecule is CCC(CC)N1CCN(Cc2ccc(Cl)cc2)CC1.O=C(O)C(=O)O. The molecule has 0 unspecified atom stereocenters. The lowest BCUT2D eigenvalue weighted by atomic mass is 10.1. The summed E-state index contributed by atoms with van der Waals surface area (Å²) in [6.07, 6.45) is 2.54. The molecule has 1 aliphatic heterocycles. The fraction of sp³-hybridized carbons (Fsp3) is 0.556. The fourth-order valence-electron chi connectivity index (χ4n) is 2.94. The van der Waals surface area contributed by atoms with Crippen molar-refractivity contribution in [3.8, 4) is 0 Å². The van der Waals surface area contributed by atoms with E-state index in [-0.39, 0.29) is 0 Å². The highest BCUT2D eigenvalue weighted by Gasteiger charge is 2.21. The van der Waals surface area contributed by atoms with E-state index >= 15 is 0 Å². The zero-order valence-corrected chi connectivity index (χ0v) is 15.6. The lowest BCUT2D eigenvalue weighted by Crippen LogP contribution is -2.49. The van der Waals surface area contributed by atoms with Crippen LogP contribution in [0.4, 0.5) is 0 Å². The molecule has 0 saturated carbocycles. The minimum Gasteiger partial charge on any atom is -0.473 e. The molecule has 140 valence electrons. The Kier molecular flexibility index (Phi) is 9.49. The first-order chi connectivity index (χ1) is 11.9. The Morgan fingerprint density at radius 1 is 1.00 bits per heavy atom. The van der Waals surface area contributed by atoms with Crippen molar-refractivity contribution in [1.82, 2.24) is 9.80 Å². The quantitative estimate of drug-likeness (QED) is 0.776. The normalized spacial score (nSPS) is 15.5. The van der Waals surface area contributed by atoms with Gasteiger partial charge in [-0.05, 0) is 30.5 Å². The molecule has 0 bridgehead atoms. The minimum atomic E-state index is -1.82. The highest BCUT2D eigenvalue weighted by molar-refractivity contribution is 6.30. The lowest BCUT2D eigenvalue weighted by molar-refractivity contribution is -0.159. The van der Waals surface area contributed by atoms with E-state index in [9.17, 15) is 0 Å². The maximum Gasteiger partial charge on any atom is 0.414 e. The maximum absolute atomic E-state index is 9.10. The van der Waals surface area contributed by atoms with Crippen LogP contribution in [-0.2, 0) is 16.1 Å². The Bertz CT molecular complexity index is 527. The number of halogens is 1. The van der Waals surface area contributed by atoms with Crippen LogP contribution < -0.4 is 0 Å². The molecule has 7 heteroatoms. The van der Waals surface area contributed by atoms with Gasteiger partial charge in [0.25, 0.3) is 0 Å². The molecule has 1 saturated heterocycles. The van der Waals surface area contributed by atoms with Crippen LogP contribution in [0.25, 0.3) is 0 Å². The van der Waals surface area contributed by atoms with Crippen molar-refractivity contribution in [2.24, 2.45) is 0 Å². The van der Waals surface area contributed by atoms with Crippen LogP contribution >= 0.6 is 11.6 Å². The molecule has 25 heavy (non-hydrogen) atoms. The van der Waals surface area contributed by atoms with Gasteiger partial charge in [0.05, 0.1) is 0 Å². The first-order valence-electron chi connectivity index (χ1n) is 8.54. The molecule has 0 aromatic heterocycles. The number of benzene rings is 1. The number of hydrogen-bond donors (Lipinski definition) is 2. The van der Waals surface area contributed by atoms with Crippen molar-refractivity contribution in [3.63, 3.8) is 0 Å². The Morgan fingerprint density at radius 2 is 1.48 bits per heavy atom. The average molecular weight is 371 g/mol. The van der Waals surface area contributed by atoms with Gasteiger partial charge in [-0.3, -0.25) is 9.80 Å². The summed E-state index contributed by atoms with van der Waals surface area (Å²) in [5.41, 5.74) is 1.36. The molecular formula is C18H27ClN2O4. The summed E-state index contributed by atoms with van der Waals surface area (Å²) in [7, 11) is 0. The van der Waals surface area contributed by atoms with Crippen LogP contribution in [-0.4, -0.2) is 64.2 Å². The predicted octanol–water partition coefficient (Wildman–Crippen LogP) is 2.80. The predicted molar refractivity (Wildman–Crippen MR) is 97.9 cm³/mol. The molecular weight excluding hydrogens is 344 g/mol. The summed E-state index contributed by atoms with van der Waals surface area (Å²) < 4.78 is 0. The van der Waals surface area contributed by atoms with E-state index in [0.717, 1.165) is 17.6 Å². The Hall–Kier alpha value is -1.63. The summed E-state index contributed by atoms with van der Waals surface area (Å²) in [5.74, 6) is -3.65. The summed E-state index contributed by atoms with van der Waals surface area (Å²) >= 11 is 5.92. The standard InChI is InChI=1S/C16H25ClN2.C2H2O4/c1-3-16(4-2)19-11-9-18(10-12-19)13-14-5-7-15(17)8-6-14;3-1(4)2(5)6/h5-8,16H,3-4,9-13H2,1-2H3;(H,3,4)(H,5,6). The second kappa shape index (κ2) is 11.1. The summed E-state index contributed by atoms with van der Waals surface area (Å²) in [6.45, 7) is 10.4. The lowest BCUT2D eigenvalue weighted by Gasteiger charge is -2.38. The monoisotopic (exact) mass is 370 g/mol. The van der Waals surface area contributed by atoms with E-state index in [2.05, 4.69) is 35.8 Å². The van der Waals surface area contributed by atoms with Gasteiger partial charge in [0.15, 0.2) is 0 Å². The van der Waals surface area contributed by atoms with E-state index in [1.54, 1.807) is 0 Å². The smallest absolute Gasteiger partial charge is 0.414 e. The van der Waals surface area contributed by atoms with Crippen molar-refractivity contribution in [3.05, 3.63) is 34.9 Å². The van der Waals surface area contributed by atoms with Gasteiger partial charge >= 0.3 is 11.9 Å². The number of carboxylic acids is 2. The molecule has 1 aromatic rings. The van der Waals surface area contributed by atoms with Crippen molar-refractivity contribution in [1.29, 1.82) is 0 Å². The topological polar surface area (TPSA) is 81.1 Å². The molecule has 0 spiro atoms. The maximum atomic E-state index is 9.10. The first kappa shape index (κ1) is 21.4. The Labute approximate surface area is 154 Å². The van der Waals surface area contributed by atoms with Crippen molar-refractivity contribution in [2.45, 2.75) is 39.3 Å². The molecule has 1 heterocycles. The third kappa shape index (κ3) is 7.86. The number of nitrogens with zero attached hydrogens (tertiary/aromatic N) is 2. The molecule has 0 atom stereocenters. The second-order valence-corrected chi connectivity index (χ2v) is 6.46. The summed E-state index contributed by atoms with van der Waals surface area (Å²) in [4.78, 5) is 23.4. The number of hydrogen-bond acceptors (Lipinski definition) is 4. The van der Waals surface area contributed by atoms with Crippen LogP contribution in [0.5, 0.6) is 0 Å². The molecule has 1 aromatic carbocycles. The number of piperazine rings is 1. The van der Waals surface area contributed by atoms with Crippen molar-refractivity contribution in [2.75, 3.05) is 26.2 Å². The zero-order valence-electron chi connectivity index (χ0n) is 14.8. The average Bonchev–Trinajstić information content (AvgIpc) is 2.60. The van der Waals surface area contributed by atoms with Gasteiger partial charge in [0.2, 0.25) is 0 Å². The van der Waals surface area contributed by atoms with E-state index < -0.39 is 11.9 Å². The van der Waals surface area contributed by atoms with Gasteiger partial charge in [-0.25, -0.2) is 9.59 Å². The van der Waals surface area contributed by atoms with Gasteiger partial charge in [-0.15, -0.1) is 0 Å². The zero-order chi connectivity index (χ0) is 18.8. The van der Waals surface area contributed by atoms with Crippen LogP contribution in [0.1, 0.15) is 32.3 Å². The second-order valence-electron chi connectivity index (χ2n) is 6.02. The summed E-state index contributed by atoms with van der Waals surface area (Å²) in [5, 5.41) is 15.6. The Morgan fingerprint density at radius 3 is 1.88 bits per heavy atom. The third-order valence-corrected chi connectivity index (χ3v) is 4.62. The van der Waals surface area contributed by atoms with Crippen LogP contribution in [0.15, 0.2) is 24.3 Å². The highest BCUT2D eigenvalue weighted by atomic mass is 35.5. The number of carboxylic acid groups (broad SMARTS) is 2. The van der Waals surface area contributed by atoms with Gasteiger partial charge in [-0.2, -0.15) is 0 Å². The van der Waals surface area contributed by atoms with Crippen LogP contribution in [0.3, 0.4) is 0 Å². The molecule has 6 nitrogen and oxygen atoms in total. The van der Waals surface area contributed by atoms with Gasteiger partial charge in [0.1, 0.15) is 0 Å². The van der Waals surface area contributed by atoms with E-state index in [4.69, 9.17) is 31.4 Å². The molecule has 0 aliphatic carbocycles. The van der Waals surface area contributed by atoms with E-state index in [1.807, 2.05) is 12.1 Å². The molecule has 2 rings (SSSR count). The van der Waals surface area contributed by atoms with Crippen molar-refractivity contribution >= 4 is 23.5 Å². The Balaban J connectivity index is 0.000000450. The van der Waals surface area contributed by atoms with E-state index in [1.165, 1.54) is 44.6 Å². The third-order valence-electron chi connectivity index (χ3n) is 4.37. The molecule has 0 radical (unpaired) electrons. The highest BCUT2D eigenvalue weighted by Crippen LogP contribution is 2.15. The van der Waals surface area contributed by atoms with Gasteiger partial charge in [-0.1, -0.05) is 37.6 Å². The number of rotatable bonds is 5.